The maximum Gasteiger partial charge on any atom is 0.439 e. The second-order valence-electron chi connectivity index (χ2n) is 2.48. The topological polar surface area (TPSA) is 45.3 Å². The monoisotopic (exact) mass is 191 g/mol. The van der Waals surface area contributed by atoms with E-state index in [0.29, 0.717) is 0 Å². The Morgan fingerprint density at radius 1 is 0.917 bits per heavy atom. The predicted molar refractivity (Wildman–Crippen MR) is 53.8 cm³/mol. The highest BCUT2D eigenvalue weighted by Crippen LogP contribution is 1.88. The van der Waals surface area contributed by atoms with Gasteiger partial charge in [0, 0.05) is 7.11 Å². The molecule has 0 aliphatic rings. The quantitative estimate of drug-likeness (QED) is 0.492. The van der Waals surface area contributed by atoms with Crippen molar-refractivity contribution in [3.63, 3.8) is 0 Å². The first-order chi connectivity index (χ1) is 5.74. The number of hydrogen-bond acceptors (Lipinski definition) is 4. The third kappa shape index (κ3) is 3.64. The van der Waals surface area contributed by atoms with E-state index >= 15 is 0 Å². The SMILES string of the molecule is CCN[Si](NCC)(NCC)OC. The van der Waals surface area contributed by atoms with E-state index in [-0.39, 0.29) is 0 Å². The second kappa shape index (κ2) is 6.56. The van der Waals surface area contributed by atoms with Gasteiger partial charge in [0.05, 0.1) is 0 Å². The van der Waals surface area contributed by atoms with Crippen LogP contribution in [0.5, 0.6) is 0 Å². The van der Waals surface area contributed by atoms with Crippen molar-refractivity contribution < 1.29 is 4.43 Å². The van der Waals surface area contributed by atoms with Gasteiger partial charge in [0.25, 0.3) is 0 Å². The molecule has 0 saturated carbocycles. The zero-order valence-electron chi connectivity index (χ0n) is 8.53. The summed E-state index contributed by atoms with van der Waals surface area (Å²) in [4.78, 5) is 10.0. The maximum absolute atomic E-state index is 5.46. The Bertz CT molecular complexity index is 95.8. The normalized spacial score (nSPS) is 12.0. The van der Waals surface area contributed by atoms with Gasteiger partial charge in [0.1, 0.15) is 0 Å². The van der Waals surface area contributed by atoms with E-state index in [0.717, 1.165) is 19.6 Å². The van der Waals surface area contributed by atoms with Gasteiger partial charge in [-0.1, -0.05) is 20.8 Å². The molecule has 0 bridgehead atoms. The summed E-state index contributed by atoms with van der Waals surface area (Å²) in [5.74, 6) is 0. The van der Waals surface area contributed by atoms with E-state index < -0.39 is 8.80 Å². The summed E-state index contributed by atoms with van der Waals surface area (Å²) in [7, 11) is -0.283. The van der Waals surface area contributed by atoms with Crippen LogP contribution in [-0.4, -0.2) is 35.5 Å². The fraction of sp³-hybridized carbons (Fsp3) is 1.00. The summed E-state index contributed by atoms with van der Waals surface area (Å²) in [5.41, 5.74) is 0. The van der Waals surface area contributed by atoms with E-state index in [1.54, 1.807) is 7.11 Å². The molecule has 0 radical (unpaired) electrons. The van der Waals surface area contributed by atoms with Crippen LogP contribution in [0.4, 0.5) is 0 Å². The first kappa shape index (κ1) is 12.1. The van der Waals surface area contributed by atoms with Crippen LogP contribution in [0.3, 0.4) is 0 Å². The number of rotatable bonds is 7. The van der Waals surface area contributed by atoms with Crippen LogP contribution < -0.4 is 14.9 Å². The van der Waals surface area contributed by atoms with Crippen LogP contribution in [0.25, 0.3) is 0 Å². The Labute approximate surface area is 76.4 Å². The van der Waals surface area contributed by atoms with E-state index in [2.05, 4.69) is 35.7 Å². The molecule has 0 aliphatic heterocycles. The fourth-order valence-electron chi connectivity index (χ4n) is 1.15. The third-order valence-corrected chi connectivity index (χ3v) is 4.75. The molecule has 12 heavy (non-hydrogen) atoms. The van der Waals surface area contributed by atoms with Crippen LogP contribution in [0, 0.1) is 0 Å². The molecule has 5 heteroatoms. The lowest BCUT2D eigenvalue weighted by Crippen LogP contribution is -2.73. The van der Waals surface area contributed by atoms with Gasteiger partial charge in [0.2, 0.25) is 0 Å². The van der Waals surface area contributed by atoms with Crippen molar-refractivity contribution in [3.8, 4) is 0 Å². The highest BCUT2D eigenvalue weighted by molar-refractivity contribution is 6.66. The van der Waals surface area contributed by atoms with Crippen molar-refractivity contribution in [1.82, 2.24) is 14.9 Å². The molecule has 0 aliphatic carbocycles. The highest BCUT2D eigenvalue weighted by Gasteiger charge is 2.32. The van der Waals surface area contributed by atoms with E-state index in [4.69, 9.17) is 4.43 Å². The minimum absolute atomic E-state index is 0.917. The summed E-state index contributed by atoms with van der Waals surface area (Å²) in [5, 5.41) is 0. The molecule has 0 aromatic rings. The van der Waals surface area contributed by atoms with Gasteiger partial charge >= 0.3 is 8.80 Å². The van der Waals surface area contributed by atoms with E-state index in [9.17, 15) is 0 Å². The smallest absolute Gasteiger partial charge is 0.383 e. The number of hydrogen-bond donors (Lipinski definition) is 3. The van der Waals surface area contributed by atoms with Crippen LogP contribution in [0.2, 0.25) is 0 Å². The first-order valence-electron chi connectivity index (χ1n) is 4.54. The molecule has 0 unspecified atom stereocenters. The van der Waals surface area contributed by atoms with Crippen LogP contribution in [-0.2, 0) is 4.43 Å². The molecule has 3 N–H and O–H groups in total. The van der Waals surface area contributed by atoms with Crippen molar-refractivity contribution in [2.45, 2.75) is 20.8 Å². The zero-order chi connectivity index (χ0) is 9.45. The molecule has 0 aromatic heterocycles. The molecule has 0 fully saturated rings. The average molecular weight is 191 g/mol. The Balaban J connectivity index is 4.06. The molecule has 0 rings (SSSR count). The van der Waals surface area contributed by atoms with Gasteiger partial charge < -0.3 is 4.43 Å². The molecule has 0 amide bonds. The minimum atomic E-state index is -2.02. The van der Waals surface area contributed by atoms with Crippen LogP contribution in [0.1, 0.15) is 20.8 Å². The summed E-state index contributed by atoms with van der Waals surface area (Å²) >= 11 is 0. The molecule has 0 aromatic carbocycles. The lowest BCUT2D eigenvalue weighted by Gasteiger charge is -2.29. The Kier molecular flexibility index (Phi) is 6.59. The van der Waals surface area contributed by atoms with E-state index in [1.165, 1.54) is 0 Å². The second-order valence-corrected chi connectivity index (χ2v) is 5.31. The number of nitrogens with one attached hydrogen (secondary N) is 3. The predicted octanol–water partition coefficient (Wildman–Crippen LogP) is -0.103. The molecular weight excluding hydrogens is 170 g/mol. The van der Waals surface area contributed by atoms with Crippen LogP contribution >= 0.6 is 0 Å². The zero-order valence-corrected chi connectivity index (χ0v) is 9.53. The molecule has 0 heterocycles. The Morgan fingerprint density at radius 2 is 1.25 bits per heavy atom. The lowest BCUT2D eigenvalue weighted by atomic mass is 10.8. The van der Waals surface area contributed by atoms with Gasteiger partial charge in [-0.15, -0.1) is 0 Å². The largest absolute Gasteiger partial charge is 0.439 e. The summed E-state index contributed by atoms with van der Waals surface area (Å²) in [6, 6.07) is 0. The molecule has 0 atom stereocenters. The van der Waals surface area contributed by atoms with Crippen molar-refractivity contribution in [1.29, 1.82) is 0 Å². The molecular formula is C7H21N3OSi. The highest BCUT2D eigenvalue weighted by atomic mass is 28.4. The molecule has 74 valence electrons. The standard InChI is InChI=1S/C7H21N3OSi/c1-5-8-12(11-4,9-6-2)10-7-3/h8-10H,5-7H2,1-4H3. The summed E-state index contributed by atoms with van der Waals surface area (Å²) in [6.07, 6.45) is 0. The van der Waals surface area contributed by atoms with Crippen molar-refractivity contribution in [2.24, 2.45) is 0 Å². The third-order valence-electron chi connectivity index (χ3n) is 1.58. The van der Waals surface area contributed by atoms with Gasteiger partial charge in [-0.3, -0.25) is 14.9 Å². The molecule has 0 spiro atoms. The lowest BCUT2D eigenvalue weighted by molar-refractivity contribution is 0.349. The average Bonchev–Trinajstić information content (AvgIpc) is 2.06. The first-order valence-corrected chi connectivity index (χ1v) is 6.45. The van der Waals surface area contributed by atoms with Crippen LogP contribution in [0.15, 0.2) is 0 Å². The minimum Gasteiger partial charge on any atom is -0.383 e. The van der Waals surface area contributed by atoms with Crippen molar-refractivity contribution in [3.05, 3.63) is 0 Å². The van der Waals surface area contributed by atoms with E-state index in [1.807, 2.05) is 0 Å². The summed E-state index contributed by atoms with van der Waals surface area (Å²) < 4.78 is 5.46. The van der Waals surface area contributed by atoms with Gasteiger partial charge in [-0.25, -0.2) is 0 Å². The van der Waals surface area contributed by atoms with Gasteiger partial charge in [0.15, 0.2) is 0 Å². The Morgan fingerprint density at radius 3 is 1.42 bits per heavy atom. The van der Waals surface area contributed by atoms with Crippen molar-refractivity contribution >= 4 is 8.80 Å². The maximum atomic E-state index is 5.46. The van der Waals surface area contributed by atoms with Gasteiger partial charge in [-0.05, 0) is 19.6 Å². The molecule has 4 nitrogen and oxygen atoms in total. The van der Waals surface area contributed by atoms with Crippen molar-refractivity contribution in [2.75, 3.05) is 26.7 Å². The summed E-state index contributed by atoms with van der Waals surface area (Å²) in [6.45, 7) is 8.99. The Hall–Kier alpha value is 0.0569. The molecule has 0 saturated heterocycles. The van der Waals surface area contributed by atoms with Gasteiger partial charge in [-0.2, -0.15) is 0 Å². The fourth-order valence-corrected chi connectivity index (χ4v) is 3.45.